The largest absolute Gasteiger partial charge is 0.380 e. The summed E-state index contributed by atoms with van der Waals surface area (Å²) >= 11 is 0. The minimum Gasteiger partial charge on any atom is -0.380 e. The molecule has 0 fully saturated rings. The molecule has 0 bridgehead atoms. The summed E-state index contributed by atoms with van der Waals surface area (Å²) in [4.78, 5) is 8.94. The van der Waals surface area contributed by atoms with E-state index in [1.54, 1.807) is 0 Å². The molecule has 1 unspecified atom stereocenters. The average molecular weight is 430 g/mol. The fraction of sp³-hybridized carbons (Fsp3) is 0.105. The van der Waals surface area contributed by atoms with E-state index in [-0.39, 0.29) is 28.6 Å². The Balaban J connectivity index is 0.00000210. The van der Waals surface area contributed by atoms with E-state index in [4.69, 9.17) is 0 Å². The monoisotopic (exact) mass is 429 g/mol. The fourth-order valence-electron chi connectivity index (χ4n) is 2.71. The molecule has 138 valence electrons. The molecule has 0 radical (unpaired) electrons. The van der Waals surface area contributed by atoms with E-state index in [0.717, 1.165) is 11.1 Å². The van der Waals surface area contributed by atoms with Crippen molar-refractivity contribution < 1.29 is 9.50 Å². The first-order valence-corrected chi connectivity index (χ1v) is 8.09. The highest BCUT2D eigenvalue weighted by Crippen LogP contribution is 2.27. The minimum atomic E-state index is -1.07. The van der Waals surface area contributed by atoms with Gasteiger partial charge < -0.3 is 10.4 Å². The number of aliphatic hydroxyl groups is 1. The Morgan fingerprint density at radius 2 is 1.81 bits per heavy atom. The Morgan fingerprint density at radius 3 is 2.52 bits per heavy atom. The lowest BCUT2D eigenvalue weighted by molar-refractivity contribution is 0.210. The number of nitrogens with one attached hydrogen (secondary N) is 2. The molecule has 27 heavy (non-hydrogen) atoms. The van der Waals surface area contributed by atoms with Gasteiger partial charge in [-0.3, -0.25) is 5.10 Å². The molecule has 6 nitrogen and oxygen atoms in total. The number of hydrogen-bond donors (Lipinski definition) is 3. The molecule has 3 N–H and O–H groups in total. The van der Waals surface area contributed by atoms with Gasteiger partial charge in [0.25, 0.3) is 0 Å². The van der Waals surface area contributed by atoms with E-state index in [9.17, 15) is 9.50 Å². The van der Waals surface area contributed by atoms with Crippen LogP contribution in [0.15, 0.2) is 54.6 Å². The second-order valence-electron chi connectivity index (χ2n) is 5.96. The summed E-state index contributed by atoms with van der Waals surface area (Å²) < 4.78 is 13.1. The molecular formula is C19H17BrFN5O. The number of anilines is 2. The summed E-state index contributed by atoms with van der Waals surface area (Å²) in [6.45, 7) is 1.90. The highest BCUT2D eigenvalue weighted by Gasteiger charge is 2.17. The number of aromatic nitrogens is 4. The van der Waals surface area contributed by atoms with Crippen LogP contribution in [0.25, 0.3) is 10.9 Å². The van der Waals surface area contributed by atoms with Crippen molar-refractivity contribution in [2.45, 2.75) is 13.0 Å². The first-order valence-electron chi connectivity index (χ1n) is 8.09. The number of aromatic amines is 1. The highest BCUT2D eigenvalue weighted by atomic mass is 79.9. The van der Waals surface area contributed by atoms with Gasteiger partial charge in [-0.1, -0.05) is 24.3 Å². The van der Waals surface area contributed by atoms with Gasteiger partial charge >= 0.3 is 0 Å². The average Bonchev–Trinajstić information content (AvgIpc) is 3.06. The van der Waals surface area contributed by atoms with Crippen molar-refractivity contribution in [1.29, 1.82) is 0 Å². The first kappa shape index (κ1) is 18.9. The summed E-state index contributed by atoms with van der Waals surface area (Å²) in [7, 11) is 0. The van der Waals surface area contributed by atoms with Crippen molar-refractivity contribution in [3.63, 3.8) is 0 Å². The van der Waals surface area contributed by atoms with Gasteiger partial charge in [-0.25, -0.2) is 14.4 Å². The maximum absolute atomic E-state index is 13.1. The molecular weight excluding hydrogens is 413 g/mol. The molecule has 0 amide bonds. The Bertz CT molecular complexity index is 1070. The summed E-state index contributed by atoms with van der Waals surface area (Å²) in [5.41, 5.74) is 2.12. The summed E-state index contributed by atoms with van der Waals surface area (Å²) in [6.07, 6.45) is -1.07. The molecule has 0 saturated heterocycles. The van der Waals surface area contributed by atoms with Crippen LogP contribution in [0.3, 0.4) is 0 Å². The van der Waals surface area contributed by atoms with Gasteiger partial charge in [0.2, 0.25) is 0 Å². The maximum Gasteiger partial charge on any atom is 0.164 e. The Labute approximate surface area is 165 Å². The zero-order chi connectivity index (χ0) is 18.1. The van der Waals surface area contributed by atoms with Crippen LogP contribution in [-0.4, -0.2) is 25.3 Å². The third-order valence-electron chi connectivity index (χ3n) is 4.00. The van der Waals surface area contributed by atoms with E-state index in [2.05, 4.69) is 25.5 Å². The number of H-pyrrole nitrogens is 1. The van der Waals surface area contributed by atoms with E-state index in [1.165, 1.54) is 24.3 Å². The number of nitrogens with zero attached hydrogens (tertiary/aromatic N) is 3. The predicted octanol–water partition coefficient (Wildman–Crippen LogP) is 4.20. The molecule has 0 aliphatic carbocycles. The second-order valence-corrected chi connectivity index (χ2v) is 5.96. The number of hydrogen-bond acceptors (Lipinski definition) is 5. The molecule has 4 rings (SSSR count). The molecule has 0 saturated carbocycles. The number of aryl methyl sites for hydroxylation is 1. The van der Waals surface area contributed by atoms with Crippen LogP contribution in [0, 0.1) is 12.7 Å². The second kappa shape index (κ2) is 7.81. The number of fused-ring (bicyclic) bond motifs is 1. The third kappa shape index (κ3) is 3.96. The Hall–Kier alpha value is -2.84. The van der Waals surface area contributed by atoms with Crippen molar-refractivity contribution in [3.05, 3.63) is 77.5 Å². The zero-order valence-corrected chi connectivity index (χ0v) is 16.1. The topological polar surface area (TPSA) is 86.7 Å². The predicted molar refractivity (Wildman–Crippen MR) is 107 cm³/mol. The van der Waals surface area contributed by atoms with Gasteiger partial charge in [0.1, 0.15) is 17.7 Å². The highest BCUT2D eigenvalue weighted by molar-refractivity contribution is 8.93. The van der Waals surface area contributed by atoms with Gasteiger partial charge in [0, 0.05) is 17.1 Å². The number of para-hydroxylation sites is 1. The summed E-state index contributed by atoms with van der Waals surface area (Å²) in [6, 6.07) is 15.0. The lowest BCUT2D eigenvalue weighted by Gasteiger charge is -2.13. The molecule has 0 spiro atoms. The van der Waals surface area contributed by atoms with Gasteiger partial charge in [0.15, 0.2) is 11.6 Å². The van der Waals surface area contributed by atoms with E-state index < -0.39 is 6.10 Å². The van der Waals surface area contributed by atoms with Crippen LogP contribution < -0.4 is 5.32 Å². The first-order chi connectivity index (χ1) is 12.6. The fourth-order valence-corrected chi connectivity index (χ4v) is 2.71. The van der Waals surface area contributed by atoms with Crippen LogP contribution >= 0.6 is 17.0 Å². The summed E-state index contributed by atoms with van der Waals surface area (Å²) in [5, 5.41) is 21.6. The summed E-state index contributed by atoms with van der Waals surface area (Å²) in [5.74, 6) is 1.02. The molecule has 0 aliphatic heterocycles. The van der Waals surface area contributed by atoms with Gasteiger partial charge in [-0.15, -0.1) is 17.0 Å². The SMILES string of the molecule is Br.Cc1cc(Nc2nc(C(O)c3ccc(F)cc3)nc3ccccc23)n[nH]1. The van der Waals surface area contributed by atoms with Crippen molar-refractivity contribution in [2.75, 3.05) is 5.32 Å². The molecule has 2 heterocycles. The molecule has 4 aromatic rings. The number of halogens is 2. The normalized spacial score (nSPS) is 11.8. The van der Waals surface area contributed by atoms with E-state index in [1.807, 2.05) is 37.3 Å². The van der Waals surface area contributed by atoms with Gasteiger partial charge in [-0.05, 0) is 36.8 Å². The lowest BCUT2D eigenvalue weighted by Crippen LogP contribution is -2.08. The van der Waals surface area contributed by atoms with Crippen LogP contribution in [0.5, 0.6) is 0 Å². The molecule has 2 aromatic carbocycles. The van der Waals surface area contributed by atoms with Crippen molar-refractivity contribution in [3.8, 4) is 0 Å². The van der Waals surface area contributed by atoms with Crippen molar-refractivity contribution in [1.82, 2.24) is 20.2 Å². The number of benzene rings is 2. The van der Waals surface area contributed by atoms with E-state index >= 15 is 0 Å². The standard InChI is InChI=1S/C19H16FN5O.BrH/c1-11-10-16(25-24-11)22-18-14-4-2-3-5-15(14)21-19(23-18)17(26)12-6-8-13(20)9-7-12;/h2-10,17,26H,1H3,(H2,21,22,23,24,25);1H. The van der Waals surface area contributed by atoms with Crippen molar-refractivity contribution >= 4 is 39.5 Å². The molecule has 1 atom stereocenters. The quantitative estimate of drug-likeness (QED) is 0.452. The molecule has 2 aromatic heterocycles. The van der Waals surface area contributed by atoms with Crippen LogP contribution in [0.2, 0.25) is 0 Å². The lowest BCUT2D eigenvalue weighted by atomic mass is 10.1. The van der Waals surface area contributed by atoms with Gasteiger partial charge in [-0.2, -0.15) is 5.10 Å². The Kier molecular flexibility index (Phi) is 5.48. The third-order valence-corrected chi connectivity index (χ3v) is 4.00. The minimum absolute atomic E-state index is 0. The van der Waals surface area contributed by atoms with Crippen LogP contribution in [0.4, 0.5) is 16.0 Å². The molecule has 0 aliphatic rings. The number of rotatable bonds is 4. The van der Waals surface area contributed by atoms with Crippen molar-refractivity contribution in [2.24, 2.45) is 0 Å². The smallest absolute Gasteiger partial charge is 0.164 e. The Morgan fingerprint density at radius 1 is 1.07 bits per heavy atom. The van der Waals surface area contributed by atoms with Crippen LogP contribution in [-0.2, 0) is 0 Å². The number of aliphatic hydroxyl groups excluding tert-OH is 1. The van der Waals surface area contributed by atoms with Crippen LogP contribution in [0.1, 0.15) is 23.2 Å². The van der Waals surface area contributed by atoms with Gasteiger partial charge in [0.05, 0.1) is 5.52 Å². The van der Waals surface area contributed by atoms with E-state index in [0.29, 0.717) is 22.7 Å². The zero-order valence-electron chi connectivity index (χ0n) is 14.3. The maximum atomic E-state index is 13.1. The molecule has 8 heteroatoms.